The lowest BCUT2D eigenvalue weighted by Crippen LogP contribution is -2.08. The molecule has 20 heavy (non-hydrogen) atoms. The molecular weight excluding hydrogens is 248 g/mol. The third-order valence-electron chi connectivity index (χ3n) is 3.25. The molecule has 0 N–H and O–H groups in total. The predicted molar refractivity (Wildman–Crippen MR) is 80.6 cm³/mol. The molecule has 0 heterocycles. The summed E-state index contributed by atoms with van der Waals surface area (Å²) in [5, 5.41) is 0. The number of unbranched alkanes of at least 4 members (excludes halogenated alkanes) is 1. The van der Waals surface area contributed by atoms with Gasteiger partial charge in [-0.05, 0) is 30.0 Å². The monoisotopic (exact) mass is 268 g/mol. The fourth-order valence-corrected chi connectivity index (χ4v) is 2.11. The maximum atomic E-state index is 12.2. The largest absolute Gasteiger partial charge is 0.457 e. The first kappa shape index (κ1) is 14.3. The first-order valence-corrected chi connectivity index (χ1v) is 7.10. The summed E-state index contributed by atoms with van der Waals surface area (Å²) in [4.78, 5) is 12.2. The standard InChI is InChI=1S/C18H20O2/c1-2-3-11-16-12-7-8-13-17(16)18(19)20-14-15-9-5-4-6-10-15/h4-10,12-13H,2-3,11,14H2,1H3. The molecule has 0 radical (unpaired) electrons. The maximum absolute atomic E-state index is 12.2. The highest BCUT2D eigenvalue weighted by atomic mass is 16.5. The molecule has 2 aromatic rings. The Balaban J connectivity index is 2.01. The van der Waals surface area contributed by atoms with E-state index in [-0.39, 0.29) is 5.97 Å². The van der Waals surface area contributed by atoms with E-state index in [0.717, 1.165) is 30.4 Å². The van der Waals surface area contributed by atoms with Gasteiger partial charge < -0.3 is 4.74 Å². The van der Waals surface area contributed by atoms with Crippen LogP contribution >= 0.6 is 0 Å². The van der Waals surface area contributed by atoms with Crippen LogP contribution in [-0.2, 0) is 17.8 Å². The average molecular weight is 268 g/mol. The Morgan fingerprint density at radius 3 is 2.45 bits per heavy atom. The molecule has 2 heteroatoms. The van der Waals surface area contributed by atoms with E-state index in [9.17, 15) is 4.79 Å². The topological polar surface area (TPSA) is 26.3 Å². The van der Waals surface area contributed by atoms with Gasteiger partial charge in [-0.15, -0.1) is 0 Å². The van der Waals surface area contributed by atoms with Crippen molar-refractivity contribution in [1.29, 1.82) is 0 Å². The smallest absolute Gasteiger partial charge is 0.338 e. The molecular formula is C18H20O2. The van der Waals surface area contributed by atoms with Crippen LogP contribution in [-0.4, -0.2) is 5.97 Å². The number of carbonyl (C=O) groups excluding carboxylic acids is 1. The molecule has 2 rings (SSSR count). The van der Waals surface area contributed by atoms with Gasteiger partial charge in [0.05, 0.1) is 5.56 Å². The number of hydrogen-bond acceptors (Lipinski definition) is 2. The summed E-state index contributed by atoms with van der Waals surface area (Å²) < 4.78 is 5.40. The van der Waals surface area contributed by atoms with Crippen molar-refractivity contribution in [3.8, 4) is 0 Å². The maximum Gasteiger partial charge on any atom is 0.338 e. The highest BCUT2D eigenvalue weighted by Crippen LogP contribution is 2.14. The van der Waals surface area contributed by atoms with E-state index in [1.54, 1.807) is 0 Å². The van der Waals surface area contributed by atoms with Crippen LogP contribution in [0.15, 0.2) is 54.6 Å². The number of rotatable bonds is 6. The summed E-state index contributed by atoms with van der Waals surface area (Å²) >= 11 is 0. The third kappa shape index (κ3) is 3.95. The van der Waals surface area contributed by atoms with Crippen LogP contribution in [0.1, 0.15) is 41.3 Å². The molecule has 0 spiro atoms. The summed E-state index contributed by atoms with van der Waals surface area (Å²) in [6.07, 6.45) is 3.13. The Bertz CT molecular complexity index is 546. The van der Waals surface area contributed by atoms with E-state index >= 15 is 0 Å². The lowest BCUT2D eigenvalue weighted by molar-refractivity contribution is 0.0471. The molecule has 0 aromatic heterocycles. The zero-order valence-corrected chi connectivity index (χ0v) is 11.8. The van der Waals surface area contributed by atoms with E-state index in [2.05, 4.69) is 6.92 Å². The number of esters is 1. The van der Waals surface area contributed by atoms with Crippen LogP contribution in [0.3, 0.4) is 0 Å². The molecule has 0 atom stereocenters. The van der Waals surface area contributed by atoms with E-state index < -0.39 is 0 Å². The zero-order valence-electron chi connectivity index (χ0n) is 11.8. The zero-order chi connectivity index (χ0) is 14.2. The van der Waals surface area contributed by atoms with Gasteiger partial charge in [0.25, 0.3) is 0 Å². The van der Waals surface area contributed by atoms with Crippen LogP contribution in [0, 0.1) is 0 Å². The second-order valence-electron chi connectivity index (χ2n) is 4.82. The molecule has 0 saturated carbocycles. The van der Waals surface area contributed by atoms with Crippen LogP contribution in [0.25, 0.3) is 0 Å². The Kier molecular flexibility index (Phi) is 5.36. The quantitative estimate of drug-likeness (QED) is 0.726. The van der Waals surface area contributed by atoms with Gasteiger partial charge in [0.2, 0.25) is 0 Å². The van der Waals surface area contributed by atoms with E-state index in [1.807, 2.05) is 54.6 Å². The molecule has 0 bridgehead atoms. The van der Waals surface area contributed by atoms with Crippen LogP contribution < -0.4 is 0 Å². The first-order valence-electron chi connectivity index (χ1n) is 7.10. The number of carbonyl (C=O) groups is 1. The molecule has 104 valence electrons. The fourth-order valence-electron chi connectivity index (χ4n) is 2.11. The molecule has 2 aromatic carbocycles. The van der Waals surface area contributed by atoms with Crippen LogP contribution in [0.4, 0.5) is 0 Å². The molecule has 0 saturated heterocycles. The Morgan fingerprint density at radius 1 is 1.00 bits per heavy atom. The van der Waals surface area contributed by atoms with Gasteiger partial charge in [-0.2, -0.15) is 0 Å². The number of aryl methyl sites for hydroxylation is 1. The van der Waals surface area contributed by atoms with Crippen molar-refractivity contribution < 1.29 is 9.53 Å². The molecule has 0 aliphatic rings. The second-order valence-corrected chi connectivity index (χ2v) is 4.82. The van der Waals surface area contributed by atoms with Gasteiger partial charge in [0, 0.05) is 0 Å². The van der Waals surface area contributed by atoms with E-state index in [0.29, 0.717) is 12.2 Å². The second kappa shape index (κ2) is 7.49. The average Bonchev–Trinajstić information content (AvgIpc) is 2.52. The van der Waals surface area contributed by atoms with Crippen molar-refractivity contribution in [2.24, 2.45) is 0 Å². The Hall–Kier alpha value is -2.09. The number of ether oxygens (including phenoxy) is 1. The minimum absolute atomic E-state index is 0.236. The van der Waals surface area contributed by atoms with Gasteiger partial charge in [0.15, 0.2) is 0 Å². The molecule has 2 nitrogen and oxygen atoms in total. The highest BCUT2D eigenvalue weighted by Gasteiger charge is 2.11. The van der Waals surface area contributed by atoms with Crippen molar-refractivity contribution in [2.75, 3.05) is 0 Å². The molecule has 0 amide bonds. The minimum atomic E-state index is -0.236. The summed E-state index contributed by atoms with van der Waals surface area (Å²) in [6, 6.07) is 17.5. The summed E-state index contributed by atoms with van der Waals surface area (Å²) in [5.74, 6) is -0.236. The van der Waals surface area contributed by atoms with E-state index in [4.69, 9.17) is 4.74 Å². The van der Waals surface area contributed by atoms with Crippen molar-refractivity contribution in [2.45, 2.75) is 32.8 Å². The highest BCUT2D eigenvalue weighted by molar-refractivity contribution is 5.91. The lowest BCUT2D eigenvalue weighted by atomic mass is 10.0. The molecule has 0 aliphatic heterocycles. The van der Waals surface area contributed by atoms with Crippen molar-refractivity contribution in [3.05, 3.63) is 71.3 Å². The predicted octanol–water partition coefficient (Wildman–Crippen LogP) is 4.39. The first-order chi connectivity index (χ1) is 9.81. The molecule has 0 unspecified atom stereocenters. The SMILES string of the molecule is CCCCc1ccccc1C(=O)OCc1ccccc1. The van der Waals surface area contributed by atoms with Crippen molar-refractivity contribution in [1.82, 2.24) is 0 Å². The number of benzene rings is 2. The lowest BCUT2D eigenvalue weighted by Gasteiger charge is -2.09. The molecule has 0 aliphatic carbocycles. The Labute approximate surface area is 120 Å². The fraction of sp³-hybridized carbons (Fsp3) is 0.278. The summed E-state index contributed by atoms with van der Waals surface area (Å²) in [6.45, 7) is 2.47. The normalized spacial score (nSPS) is 10.2. The van der Waals surface area contributed by atoms with Crippen LogP contribution in [0.5, 0.6) is 0 Å². The minimum Gasteiger partial charge on any atom is -0.457 e. The van der Waals surface area contributed by atoms with Gasteiger partial charge in [0.1, 0.15) is 6.61 Å². The van der Waals surface area contributed by atoms with Crippen LogP contribution in [0.2, 0.25) is 0 Å². The van der Waals surface area contributed by atoms with E-state index in [1.165, 1.54) is 0 Å². The van der Waals surface area contributed by atoms with Crippen molar-refractivity contribution in [3.63, 3.8) is 0 Å². The van der Waals surface area contributed by atoms with Gasteiger partial charge in [-0.3, -0.25) is 0 Å². The van der Waals surface area contributed by atoms with Crippen molar-refractivity contribution >= 4 is 5.97 Å². The van der Waals surface area contributed by atoms with Gasteiger partial charge in [-0.25, -0.2) is 4.79 Å². The summed E-state index contributed by atoms with van der Waals surface area (Å²) in [5.41, 5.74) is 2.77. The number of hydrogen-bond donors (Lipinski definition) is 0. The van der Waals surface area contributed by atoms with Gasteiger partial charge in [-0.1, -0.05) is 61.9 Å². The molecule has 0 fully saturated rings. The third-order valence-corrected chi connectivity index (χ3v) is 3.25. The van der Waals surface area contributed by atoms with Gasteiger partial charge >= 0.3 is 5.97 Å². The summed E-state index contributed by atoms with van der Waals surface area (Å²) in [7, 11) is 0. The Morgan fingerprint density at radius 2 is 1.70 bits per heavy atom.